The molecule has 0 aliphatic carbocycles. The summed E-state index contributed by atoms with van der Waals surface area (Å²) in [5.41, 5.74) is 5.55. The molecule has 2 N–H and O–H groups in total. The van der Waals surface area contributed by atoms with E-state index < -0.39 is 11.7 Å². The number of unbranched alkanes of at least 4 members (excludes halogenated alkanes) is 1. The van der Waals surface area contributed by atoms with E-state index in [4.69, 9.17) is 5.73 Å². The van der Waals surface area contributed by atoms with Gasteiger partial charge in [-0.05, 0) is 31.4 Å². The van der Waals surface area contributed by atoms with Crippen molar-refractivity contribution in [2.45, 2.75) is 31.5 Å². The van der Waals surface area contributed by atoms with Crippen LogP contribution in [-0.4, -0.2) is 4.98 Å². The van der Waals surface area contributed by atoms with E-state index in [2.05, 4.69) is 11.6 Å². The van der Waals surface area contributed by atoms with E-state index in [1.54, 1.807) is 6.08 Å². The van der Waals surface area contributed by atoms with Gasteiger partial charge < -0.3 is 5.73 Å². The van der Waals surface area contributed by atoms with Crippen LogP contribution in [0.5, 0.6) is 0 Å². The van der Waals surface area contributed by atoms with E-state index >= 15 is 0 Å². The molecule has 1 aromatic heterocycles. The van der Waals surface area contributed by atoms with Crippen LogP contribution >= 0.6 is 0 Å². The smallest absolute Gasteiger partial charge is 0.323 e. The topological polar surface area (TPSA) is 38.9 Å². The molecule has 0 bridgehead atoms. The van der Waals surface area contributed by atoms with Crippen molar-refractivity contribution in [3.8, 4) is 0 Å². The maximum absolute atomic E-state index is 12.3. The monoisotopic (exact) mass is 244 g/mol. The van der Waals surface area contributed by atoms with E-state index in [9.17, 15) is 13.2 Å². The molecule has 0 spiro atoms. The molecule has 1 unspecified atom stereocenters. The number of allylic oxidation sites excluding steroid dienone is 1. The molecule has 17 heavy (non-hydrogen) atoms. The lowest BCUT2D eigenvalue weighted by Gasteiger charge is -2.12. The van der Waals surface area contributed by atoms with E-state index in [0.29, 0.717) is 12.1 Å². The Kier molecular flexibility index (Phi) is 4.69. The Balaban J connectivity index is 2.64. The van der Waals surface area contributed by atoms with Crippen LogP contribution in [0, 0.1) is 0 Å². The highest BCUT2D eigenvalue weighted by molar-refractivity contribution is 5.18. The fourth-order valence-corrected chi connectivity index (χ4v) is 1.42. The first-order chi connectivity index (χ1) is 7.95. The van der Waals surface area contributed by atoms with Crippen LogP contribution in [0.25, 0.3) is 0 Å². The fraction of sp³-hybridized carbons (Fsp3) is 0.417. The van der Waals surface area contributed by atoms with E-state index in [0.717, 1.165) is 25.1 Å². The predicted octanol–water partition coefficient (Wildman–Crippen LogP) is 3.46. The van der Waals surface area contributed by atoms with E-state index in [1.165, 1.54) is 6.07 Å². The van der Waals surface area contributed by atoms with Crippen molar-refractivity contribution >= 4 is 0 Å². The molecule has 0 saturated heterocycles. The molecule has 0 aromatic carbocycles. The molecule has 1 atom stereocenters. The van der Waals surface area contributed by atoms with Crippen molar-refractivity contribution in [2.24, 2.45) is 5.73 Å². The summed E-state index contributed by atoms with van der Waals surface area (Å²) >= 11 is 0. The quantitative estimate of drug-likeness (QED) is 0.636. The van der Waals surface area contributed by atoms with Gasteiger partial charge in [0.1, 0.15) is 0 Å². The minimum atomic E-state index is -4.35. The molecule has 2 nitrogen and oxygen atoms in total. The van der Waals surface area contributed by atoms with E-state index in [-0.39, 0.29) is 6.04 Å². The van der Waals surface area contributed by atoms with Crippen LogP contribution in [0.3, 0.4) is 0 Å². The summed E-state index contributed by atoms with van der Waals surface area (Å²) in [6.45, 7) is 3.59. The third-order valence-corrected chi connectivity index (χ3v) is 2.42. The van der Waals surface area contributed by atoms with Crippen molar-refractivity contribution in [3.05, 3.63) is 42.2 Å². The van der Waals surface area contributed by atoms with Gasteiger partial charge in [0.25, 0.3) is 0 Å². The average molecular weight is 244 g/mol. The minimum Gasteiger partial charge on any atom is -0.323 e. The van der Waals surface area contributed by atoms with Crippen molar-refractivity contribution in [1.82, 2.24) is 4.98 Å². The van der Waals surface area contributed by atoms with Crippen LogP contribution in [0.2, 0.25) is 0 Å². The standard InChI is InChI=1S/C12H15F3N2/c1-2-3-4-5-10(16)11-7-6-9(8-17-11)12(13,14)15/h2,6-8,10H,1,3-5,16H2. The third kappa shape index (κ3) is 4.19. The van der Waals surface area contributed by atoms with Gasteiger partial charge in [-0.3, -0.25) is 4.98 Å². The molecule has 0 amide bonds. The fourth-order valence-electron chi connectivity index (χ4n) is 1.42. The van der Waals surface area contributed by atoms with Gasteiger partial charge in [0.05, 0.1) is 11.3 Å². The van der Waals surface area contributed by atoms with Crippen LogP contribution in [0.15, 0.2) is 31.0 Å². The third-order valence-electron chi connectivity index (χ3n) is 2.42. The number of pyridine rings is 1. The normalized spacial score (nSPS) is 13.4. The SMILES string of the molecule is C=CCCCC(N)c1ccc(C(F)(F)F)cn1. The second-order valence-corrected chi connectivity index (χ2v) is 3.80. The zero-order valence-corrected chi connectivity index (χ0v) is 9.37. The average Bonchev–Trinajstić information content (AvgIpc) is 2.28. The van der Waals surface area contributed by atoms with Crippen molar-refractivity contribution < 1.29 is 13.2 Å². The molecule has 0 aliphatic rings. The van der Waals surface area contributed by atoms with Gasteiger partial charge in [-0.2, -0.15) is 13.2 Å². The molecule has 0 aliphatic heterocycles. The van der Waals surface area contributed by atoms with Crippen molar-refractivity contribution in [1.29, 1.82) is 0 Å². The van der Waals surface area contributed by atoms with Gasteiger partial charge >= 0.3 is 6.18 Å². The second-order valence-electron chi connectivity index (χ2n) is 3.80. The number of hydrogen-bond acceptors (Lipinski definition) is 2. The lowest BCUT2D eigenvalue weighted by atomic mass is 10.1. The number of hydrogen-bond donors (Lipinski definition) is 1. The van der Waals surface area contributed by atoms with Crippen LogP contribution in [-0.2, 0) is 6.18 Å². The van der Waals surface area contributed by atoms with Gasteiger partial charge in [0.2, 0.25) is 0 Å². The summed E-state index contributed by atoms with van der Waals surface area (Å²) in [6, 6.07) is 2.02. The first kappa shape index (κ1) is 13.7. The molecule has 0 radical (unpaired) electrons. The number of aromatic nitrogens is 1. The van der Waals surface area contributed by atoms with Gasteiger partial charge in [-0.15, -0.1) is 6.58 Å². The molecule has 0 saturated carbocycles. The highest BCUT2D eigenvalue weighted by atomic mass is 19.4. The highest BCUT2D eigenvalue weighted by Crippen LogP contribution is 2.29. The Morgan fingerprint density at radius 2 is 2.12 bits per heavy atom. The largest absolute Gasteiger partial charge is 0.417 e. The number of nitrogens with two attached hydrogens (primary N) is 1. The highest BCUT2D eigenvalue weighted by Gasteiger charge is 2.30. The Bertz CT molecular complexity index is 357. The first-order valence-corrected chi connectivity index (χ1v) is 5.34. The summed E-state index contributed by atoms with van der Waals surface area (Å²) in [6.07, 6.45) is 0.639. The van der Waals surface area contributed by atoms with E-state index in [1.807, 2.05) is 0 Å². The maximum Gasteiger partial charge on any atom is 0.417 e. The molecule has 1 heterocycles. The number of halogens is 3. The Labute approximate surface area is 98.4 Å². The summed E-state index contributed by atoms with van der Waals surface area (Å²) in [7, 11) is 0. The molecule has 94 valence electrons. The van der Waals surface area contributed by atoms with Crippen molar-refractivity contribution in [3.63, 3.8) is 0 Å². The van der Waals surface area contributed by atoms with Crippen LogP contribution < -0.4 is 5.73 Å². The molecular formula is C12H15F3N2. The number of rotatable bonds is 5. The number of nitrogens with zero attached hydrogens (tertiary/aromatic N) is 1. The minimum absolute atomic E-state index is 0.322. The van der Waals surface area contributed by atoms with Gasteiger partial charge in [-0.25, -0.2) is 0 Å². The second kappa shape index (κ2) is 5.82. The summed E-state index contributed by atoms with van der Waals surface area (Å²) in [5.74, 6) is 0. The van der Waals surface area contributed by atoms with Gasteiger partial charge in [0, 0.05) is 12.2 Å². The van der Waals surface area contributed by atoms with Crippen molar-refractivity contribution in [2.75, 3.05) is 0 Å². The molecular weight excluding hydrogens is 229 g/mol. The summed E-state index contributed by atoms with van der Waals surface area (Å²) in [4.78, 5) is 3.75. The Morgan fingerprint density at radius 1 is 1.41 bits per heavy atom. The summed E-state index contributed by atoms with van der Waals surface area (Å²) in [5, 5.41) is 0. The van der Waals surface area contributed by atoms with Gasteiger partial charge in [-0.1, -0.05) is 6.08 Å². The zero-order valence-electron chi connectivity index (χ0n) is 9.37. The lowest BCUT2D eigenvalue weighted by Crippen LogP contribution is -2.13. The number of alkyl halides is 3. The molecule has 5 heteroatoms. The van der Waals surface area contributed by atoms with Crippen LogP contribution in [0.4, 0.5) is 13.2 Å². The lowest BCUT2D eigenvalue weighted by molar-refractivity contribution is -0.137. The van der Waals surface area contributed by atoms with Crippen LogP contribution in [0.1, 0.15) is 36.6 Å². The van der Waals surface area contributed by atoms with Gasteiger partial charge in [0.15, 0.2) is 0 Å². The zero-order chi connectivity index (χ0) is 12.9. The Morgan fingerprint density at radius 3 is 2.59 bits per heavy atom. The molecule has 0 fully saturated rings. The molecule has 1 rings (SSSR count). The maximum atomic E-state index is 12.3. The molecule has 1 aromatic rings. The summed E-state index contributed by atoms with van der Waals surface area (Å²) < 4.78 is 36.9. The predicted molar refractivity (Wildman–Crippen MR) is 60.2 cm³/mol. The first-order valence-electron chi connectivity index (χ1n) is 5.34. The Hall–Kier alpha value is -1.36.